The van der Waals surface area contributed by atoms with Crippen LogP contribution in [0.5, 0.6) is 0 Å². The average Bonchev–Trinajstić information content (AvgIpc) is 2.88. The van der Waals surface area contributed by atoms with Crippen molar-refractivity contribution in [3.05, 3.63) is 72.3 Å². The van der Waals surface area contributed by atoms with Crippen molar-refractivity contribution in [1.82, 2.24) is 9.62 Å². The Hall–Kier alpha value is -3.47. The van der Waals surface area contributed by atoms with Crippen LogP contribution in [0.15, 0.2) is 71.6 Å². The highest BCUT2D eigenvalue weighted by Crippen LogP contribution is 2.31. The van der Waals surface area contributed by atoms with Crippen LogP contribution in [0.3, 0.4) is 0 Å². The molecule has 35 heavy (non-hydrogen) atoms. The zero-order chi connectivity index (χ0) is 24.8. The van der Waals surface area contributed by atoms with Crippen LogP contribution in [-0.4, -0.2) is 57.1 Å². The van der Waals surface area contributed by atoms with Gasteiger partial charge in [0.1, 0.15) is 12.6 Å². The SMILES string of the molecule is C[C@H](NC(=O)OCc1ccccc1)C(=O)Nc1cccc2c(S(=O)(=O)N3CCOCC3)cccc12. The summed E-state index contributed by atoms with van der Waals surface area (Å²) in [5, 5.41) is 6.37. The van der Waals surface area contributed by atoms with Gasteiger partial charge in [-0.15, -0.1) is 0 Å². The highest BCUT2D eigenvalue weighted by Gasteiger charge is 2.28. The monoisotopic (exact) mass is 497 g/mol. The third-order valence-corrected chi connectivity index (χ3v) is 7.63. The lowest BCUT2D eigenvalue weighted by atomic mass is 10.1. The van der Waals surface area contributed by atoms with Gasteiger partial charge in [-0.1, -0.05) is 54.6 Å². The van der Waals surface area contributed by atoms with E-state index in [0.717, 1.165) is 5.56 Å². The smallest absolute Gasteiger partial charge is 0.408 e. The molecule has 3 aromatic rings. The molecule has 1 aliphatic heterocycles. The molecule has 0 saturated carbocycles. The Morgan fingerprint density at radius 2 is 1.66 bits per heavy atom. The van der Waals surface area contributed by atoms with Crippen LogP contribution >= 0.6 is 0 Å². The minimum Gasteiger partial charge on any atom is -0.445 e. The first-order valence-electron chi connectivity index (χ1n) is 11.2. The lowest BCUT2D eigenvalue weighted by Crippen LogP contribution is -2.41. The van der Waals surface area contributed by atoms with Gasteiger partial charge < -0.3 is 20.1 Å². The second-order valence-corrected chi connectivity index (χ2v) is 10.00. The van der Waals surface area contributed by atoms with Crippen LogP contribution in [0.1, 0.15) is 12.5 Å². The molecular formula is C25H27N3O6S. The second kappa shape index (κ2) is 10.9. The third kappa shape index (κ3) is 5.79. The molecule has 0 aliphatic carbocycles. The molecule has 9 nitrogen and oxygen atoms in total. The molecule has 10 heteroatoms. The van der Waals surface area contributed by atoms with Crippen LogP contribution < -0.4 is 10.6 Å². The lowest BCUT2D eigenvalue weighted by molar-refractivity contribution is -0.117. The minimum absolute atomic E-state index is 0.0880. The van der Waals surface area contributed by atoms with Gasteiger partial charge in [-0.05, 0) is 24.6 Å². The van der Waals surface area contributed by atoms with E-state index in [1.54, 1.807) is 43.3 Å². The summed E-state index contributed by atoms with van der Waals surface area (Å²) < 4.78 is 38.4. The van der Waals surface area contributed by atoms with Crippen molar-refractivity contribution in [2.75, 3.05) is 31.6 Å². The number of carbonyl (C=O) groups is 2. The number of sulfonamides is 1. The van der Waals surface area contributed by atoms with Crippen molar-refractivity contribution < 1.29 is 27.5 Å². The van der Waals surface area contributed by atoms with Gasteiger partial charge in [-0.3, -0.25) is 4.79 Å². The Kier molecular flexibility index (Phi) is 7.64. The first kappa shape index (κ1) is 24.6. The zero-order valence-corrected chi connectivity index (χ0v) is 20.1. The van der Waals surface area contributed by atoms with Gasteiger partial charge in [0.05, 0.1) is 18.1 Å². The van der Waals surface area contributed by atoms with Gasteiger partial charge in [-0.25, -0.2) is 13.2 Å². The number of anilines is 1. The Morgan fingerprint density at radius 3 is 2.40 bits per heavy atom. The van der Waals surface area contributed by atoms with E-state index in [9.17, 15) is 18.0 Å². The fraction of sp³-hybridized carbons (Fsp3) is 0.280. The van der Waals surface area contributed by atoms with E-state index < -0.39 is 28.1 Å². The largest absolute Gasteiger partial charge is 0.445 e. The average molecular weight is 498 g/mol. The standard InChI is InChI=1S/C25H27N3O6S/c1-18(26-25(30)34-17-19-7-3-2-4-8-19)24(29)27-22-11-5-10-21-20(22)9-6-12-23(21)35(31,32)28-13-15-33-16-14-28/h2-12,18H,13-17H2,1H3,(H,26,30)(H,27,29)/t18-/m0/s1. The highest BCUT2D eigenvalue weighted by molar-refractivity contribution is 7.89. The molecule has 2 amide bonds. The first-order valence-corrected chi connectivity index (χ1v) is 12.7. The number of fused-ring (bicyclic) bond motifs is 1. The molecule has 0 bridgehead atoms. The number of hydrogen-bond donors (Lipinski definition) is 2. The fourth-order valence-corrected chi connectivity index (χ4v) is 5.40. The van der Waals surface area contributed by atoms with Crippen LogP contribution in [0.4, 0.5) is 10.5 Å². The van der Waals surface area contributed by atoms with E-state index >= 15 is 0 Å². The highest BCUT2D eigenvalue weighted by atomic mass is 32.2. The molecule has 184 valence electrons. The summed E-state index contributed by atoms with van der Waals surface area (Å²) in [6.45, 7) is 2.91. The third-order valence-electron chi connectivity index (χ3n) is 5.67. The summed E-state index contributed by atoms with van der Waals surface area (Å²) in [5.41, 5.74) is 1.27. The lowest BCUT2D eigenvalue weighted by Gasteiger charge is -2.26. The topological polar surface area (TPSA) is 114 Å². The molecule has 1 aliphatic rings. The van der Waals surface area contributed by atoms with Gasteiger partial charge in [-0.2, -0.15) is 4.31 Å². The van der Waals surface area contributed by atoms with Gasteiger partial charge in [0.15, 0.2) is 0 Å². The van der Waals surface area contributed by atoms with E-state index in [-0.39, 0.29) is 11.5 Å². The van der Waals surface area contributed by atoms with Gasteiger partial charge in [0.25, 0.3) is 0 Å². The molecule has 1 heterocycles. The van der Waals surface area contributed by atoms with Crippen LogP contribution in [0, 0.1) is 0 Å². The van der Waals surface area contributed by atoms with Gasteiger partial charge in [0, 0.05) is 29.5 Å². The van der Waals surface area contributed by atoms with Crippen molar-refractivity contribution >= 4 is 38.5 Å². The molecule has 1 saturated heterocycles. The normalized spacial score (nSPS) is 15.3. The summed E-state index contributed by atoms with van der Waals surface area (Å²) in [5.74, 6) is -0.462. The summed E-state index contributed by atoms with van der Waals surface area (Å²) >= 11 is 0. The first-order chi connectivity index (χ1) is 16.9. The Labute approximate surface area is 204 Å². The number of amides is 2. The molecule has 3 aromatic carbocycles. The number of hydrogen-bond acceptors (Lipinski definition) is 6. The Morgan fingerprint density at radius 1 is 0.971 bits per heavy atom. The number of benzene rings is 3. The number of carbonyl (C=O) groups excluding carboxylic acids is 2. The molecule has 0 radical (unpaired) electrons. The van der Waals surface area contributed by atoms with E-state index in [1.165, 1.54) is 4.31 Å². The number of rotatable bonds is 7. The Bertz CT molecular complexity index is 1310. The summed E-state index contributed by atoms with van der Waals surface area (Å²) in [6.07, 6.45) is -0.715. The van der Waals surface area contributed by atoms with Crippen molar-refractivity contribution in [2.45, 2.75) is 24.5 Å². The predicted octanol–water partition coefficient (Wildman–Crippen LogP) is 3.11. The van der Waals surface area contributed by atoms with Gasteiger partial charge >= 0.3 is 6.09 Å². The quantitative estimate of drug-likeness (QED) is 0.519. The number of ether oxygens (including phenoxy) is 2. The maximum atomic E-state index is 13.2. The van der Waals surface area contributed by atoms with Crippen LogP contribution in [-0.2, 0) is 30.9 Å². The Balaban J connectivity index is 1.46. The summed E-state index contributed by atoms with van der Waals surface area (Å²) in [6, 6.07) is 18.4. The number of alkyl carbamates (subject to hydrolysis) is 1. The molecular weight excluding hydrogens is 470 g/mol. The minimum atomic E-state index is -3.73. The summed E-state index contributed by atoms with van der Waals surface area (Å²) in [7, 11) is -3.73. The molecule has 0 spiro atoms. The molecule has 1 atom stereocenters. The van der Waals surface area contributed by atoms with E-state index in [1.807, 2.05) is 30.3 Å². The fourth-order valence-electron chi connectivity index (χ4n) is 3.79. The van der Waals surface area contributed by atoms with Crippen molar-refractivity contribution in [1.29, 1.82) is 0 Å². The number of nitrogens with one attached hydrogen (secondary N) is 2. The predicted molar refractivity (Wildman–Crippen MR) is 131 cm³/mol. The molecule has 2 N–H and O–H groups in total. The van der Waals surface area contributed by atoms with Crippen LogP contribution in [0.2, 0.25) is 0 Å². The maximum absolute atomic E-state index is 13.2. The van der Waals surface area contributed by atoms with E-state index in [0.29, 0.717) is 42.8 Å². The molecule has 0 unspecified atom stereocenters. The molecule has 1 fully saturated rings. The van der Waals surface area contributed by atoms with Gasteiger partial charge in [0.2, 0.25) is 15.9 Å². The summed E-state index contributed by atoms with van der Waals surface area (Å²) in [4.78, 5) is 25.1. The van der Waals surface area contributed by atoms with Crippen molar-refractivity contribution in [3.8, 4) is 0 Å². The van der Waals surface area contributed by atoms with Crippen molar-refractivity contribution in [3.63, 3.8) is 0 Å². The molecule has 0 aromatic heterocycles. The number of nitrogens with zero attached hydrogens (tertiary/aromatic N) is 1. The van der Waals surface area contributed by atoms with E-state index in [4.69, 9.17) is 9.47 Å². The zero-order valence-electron chi connectivity index (χ0n) is 19.3. The van der Waals surface area contributed by atoms with E-state index in [2.05, 4.69) is 10.6 Å². The van der Waals surface area contributed by atoms with Crippen molar-refractivity contribution in [2.24, 2.45) is 0 Å². The maximum Gasteiger partial charge on any atom is 0.408 e. The number of morpholine rings is 1. The molecule has 4 rings (SSSR count). The second-order valence-electron chi connectivity index (χ2n) is 8.09. The van der Waals surface area contributed by atoms with Crippen LogP contribution in [0.25, 0.3) is 10.8 Å².